The van der Waals surface area contributed by atoms with E-state index in [1.54, 1.807) is 24.3 Å². The van der Waals surface area contributed by atoms with Gasteiger partial charge in [0.25, 0.3) is 11.8 Å². The number of likely N-dealkylation sites (N-methyl/N-ethyl adjacent to an activating group) is 1. The van der Waals surface area contributed by atoms with Crippen molar-refractivity contribution in [2.45, 2.75) is 43.5 Å². The van der Waals surface area contributed by atoms with Gasteiger partial charge in [-0.05, 0) is 42.8 Å². The highest BCUT2D eigenvalue weighted by atomic mass is 32.2. The number of imide groups is 1. The van der Waals surface area contributed by atoms with Crippen molar-refractivity contribution in [3.05, 3.63) is 70.8 Å². The van der Waals surface area contributed by atoms with E-state index in [9.17, 15) is 14.4 Å². The molecule has 0 aliphatic carbocycles. The molecular formula is C28H34N3O4S+. The van der Waals surface area contributed by atoms with Crippen molar-refractivity contribution in [1.82, 2.24) is 4.90 Å². The number of piperidine rings is 1. The van der Waals surface area contributed by atoms with Crippen molar-refractivity contribution in [1.29, 1.82) is 0 Å². The minimum absolute atomic E-state index is 0.201. The normalized spacial score (nSPS) is 20.1. The number of nitrogens with one attached hydrogen (secondary N) is 1. The lowest BCUT2D eigenvalue weighted by Crippen LogP contribution is -3.10. The maximum absolute atomic E-state index is 13.8. The van der Waals surface area contributed by atoms with Gasteiger partial charge >= 0.3 is 5.97 Å². The fourth-order valence-corrected chi connectivity index (χ4v) is 5.58. The lowest BCUT2D eigenvalue weighted by molar-refractivity contribution is -0.885. The molecule has 0 bridgehead atoms. The lowest BCUT2D eigenvalue weighted by Gasteiger charge is -2.35. The Morgan fingerprint density at radius 2 is 1.72 bits per heavy atom. The van der Waals surface area contributed by atoms with Gasteiger partial charge in [-0.2, -0.15) is 0 Å². The van der Waals surface area contributed by atoms with E-state index in [2.05, 4.69) is 7.05 Å². The van der Waals surface area contributed by atoms with Crippen LogP contribution >= 0.6 is 11.8 Å². The van der Waals surface area contributed by atoms with Crippen LogP contribution in [0.2, 0.25) is 0 Å². The van der Waals surface area contributed by atoms with Gasteiger partial charge in [0, 0.05) is 30.8 Å². The molecule has 36 heavy (non-hydrogen) atoms. The van der Waals surface area contributed by atoms with Crippen LogP contribution in [0.3, 0.4) is 0 Å². The molecule has 0 radical (unpaired) electrons. The van der Waals surface area contributed by atoms with E-state index in [-0.39, 0.29) is 17.9 Å². The Balaban J connectivity index is 1.60. The molecule has 1 N–H and O–H groups in total. The third kappa shape index (κ3) is 5.65. The number of hydrogen-bond donors (Lipinski definition) is 1. The van der Waals surface area contributed by atoms with Gasteiger partial charge in [0.2, 0.25) is 0 Å². The van der Waals surface area contributed by atoms with E-state index in [0.717, 1.165) is 43.7 Å². The maximum Gasteiger partial charge on any atom is 0.338 e. The first-order valence-electron chi connectivity index (χ1n) is 12.6. The van der Waals surface area contributed by atoms with Crippen LogP contribution < -0.4 is 9.80 Å². The minimum Gasteiger partial charge on any atom is -0.462 e. The molecule has 2 aromatic carbocycles. The molecule has 1 fully saturated rings. The number of unbranched alkanes of at least 4 members (excludes halogenated alkanes) is 1. The monoisotopic (exact) mass is 508 g/mol. The van der Waals surface area contributed by atoms with Crippen molar-refractivity contribution in [3.63, 3.8) is 0 Å². The summed E-state index contributed by atoms with van der Waals surface area (Å²) in [6, 6.07) is 16.3. The van der Waals surface area contributed by atoms with Crippen LogP contribution in [0.1, 0.15) is 43.0 Å². The standard InChI is InChI=1S/C28H33N3O4S/c1-4-5-19-35-28(34)20-11-13-22(14-12-20)31-26(32)24(30(3)21-15-17-29(2)18-16-21)25(27(31)33)36-23-9-7-6-8-10-23/h6-14,21H,4-5,15-19H2,1-3H3/p+1. The molecular weight excluding hydrogens is 474 g/mol. The number of benzene rings is 2. The van der Waals surface area contributed by atoms with Crippen LogP contribution in [0.5, 0.6) is 0 Å². The molecule has 2 heterocycles. The predicted molar refractivity (Wildman–Crippen MR) is 141 cm³/mol. The second-order valence-corrected chi connectivity index (χ2v) is 10.5. The van der Waals surface area contributed by atoms with E-state index in [1.165, 1.54) is 21.6 Å². The van der Waals surface area contributed by atoms with Crippen LogP contribution in [0.4, 0.5) is 5.69 Å². The number of nitrogens with zero attached hydrogens (tertiary/aromatic N) is 2. The number of rotatable bonds is 9. The molecule has 0 atom stereocenters. The van der Waals surface area contributed by atoms with Crippen molar-refractivity contribution >= 4 is 35.2 Å². The first kappa shape index (κ1) is 26.0. The second kappa shape index (κ2) is 11.8. The molecule has 4 rings (SSSR count). The summed E-state index contributed by atoms with van der Waals surface area (Å²) in [5.41, 5.74) is 1.28. The van der Waals surface area contributed by atoms with Crippen LogP contribution in [0.25, 0.3) is 0 Å². The Kier molecular flexibility index (Phi) is 8.48. The molecule has 0 aromatic heterocycles. The van der Waals surface area contributed by atoms with E-state index in [4.69, 9.17) is 4.74 Å². The topological polar surface area (TPSA) is 71.4 Å². The van der Waals surface area contributed by atoms with Gasteiger partial charge in [-0.15, -0.1) is 0 Å². The number of hydrogen-bond acceptors (Lipinski definition) is 6. The molecule has 2 aliphatic rings. The molecule has 0 saturated carbocycles. The fourth-order valence-electron chi connectivity index (χ4n) is 4.55. The summed E-state index contributed by atoms with van der Waals surface area (Å²) >= 11 is 1.33. The highest BCUT2D eigenvalue weighted by molar-refractivity contribution is 8.04. The number of esters is 1. The van der Waals surface area contributed by atoms with Gasteiger partial charge < -0.3 is 14.5 Å². The van der Waals surface area contributed by atoms with E-state index < -0.39 is 5.97 Å². The Morgan fingerprint density at radius 3 is 2.36 bits per heavy atom. The lowest BCUT2D eigenvalue weighted by atomic mass is 10.0. The molecule has 2 aliphatic heterocycles. The Labute approximate surface area is 217 Å². The number of ether oxygens (including phenoxy) is 1. The number of anilines is 1. The third-order valence-electron chi connectivity index (χ3n) is 6.78. The number of carbonyl (C=O) groups excluding carboxylic acids is 3. The van der Waals surface area contributed by atoms with Gasteiger partial charge in [-0.3, -0.25) is 9.59 Å². The number of likely N-dealkylation sites (tertiary alicyclic amines) is 1. The molecule has 0 unspecified atom stereocenters. The molecule has 1 saturated heterocycles. The highest BCUT2D eigenvalue weighted by Crippen LogP contribution is 2.39. The highest BCUT2D eigenvalue weighted by Gasteiger charge is 2.43. The second-order valence-electron chi connectivity index (χ2n) is 9.37. The zero-order valence-corrected chi connectivity index (χ0v) is 22.0. The smallest absolute Gasteiger partial charge is 0.338 e. The number of amides is 2. The zero-order chi connectivity index (χ0) is 25.7. The summed E-state index contributed by atoms with van der Waals surface area (Å²) < 4.78 is 5.28. The van der Waals surface area contributed by atoms with Crippen molar-refractivity contribution in [2.24, 2.45) is 0 Å². The molecule has 8 heteroatoms. The molecule has 0 spiro atoms. The predicted octanol–water partition coefficient (Wildman–Crippen LogP) is 3.13. The number of quaternary nitrogens is 1. The fraction of sp³-hybridized carbons (Fsp3) is 0.393. The molecule has 7 nitrogen and oxygen atoms in total. The Bertz CT molecular complexity index is 1130. The average molecular weight is 509 g/mol. The summed E-state index contributed by atoms with van der Waals surface area (Å²) in [6.45, 7) is 4.47. The summed E-state index contributed by atoms with van der Waals surface area (Å²) in [4.78, 5) is 45.8. The number of thioether (sulfide) groups is 1. The molecule has 2 aromatic rings. The van der Waals surface area contributed by atoms with Gasteiger partial charge in [-0.25, -0.2) is 9.69 Å². The summed E-state index contributed by atoms with van der Waals surface area (Å²) in [5, 5.41) is 0. The summed E-state index contributed by atoms with van der Waals surface area (Å²) in [6.07, 6.45) is 3.68. The quantitative estimate of drug-likeness (QED) is 0.319. The van der Waals surface area contributed by atoms with Gasteiger partial charge in [0.1, 0.15) is 10.6 Å². The van der Waals surface area contributed by atoms with Crippen LogP contribution in [0, 0.1) is 0 Å². The van der Waals surface area contributed by atoms with Crippen molar-refractivity contribution in [3.8, 4) is 0 Å². The van der Waals surface area contributed by atoms with Crippen molar-refractivity contribution in [2.75, 3.05) is 38.7 Å². The van der Waals surface area contributed by atoms with Gasteiger partial charge in [0.05, 0.1) is 38.0 Å². The minimum atomic E-state index is -0.405. The Morgan fingerprint density at radius 1 is 1.06 bits per heavy atom. The zero-order valence-electron chi connectivity index (χ0n) is 21.2. The summed E-state index contributed by atoms with van der Waals surface area (Å²) in [5.74, 6) is -1.07. The summed E-state index contributed by atoms with van der Waals surface area (Å²) in [7, 11) is 4.11. The first-order chi connectivity index (χ1) is 17.4. The van der Waals surface area contributed by atoms with Gasteiger partial charge in [-0.1, -0.05) is 43.3 Å². The van der Waals surface area contributed by atoms with Crippen LogP contribution in [0.15, 0.2) is 70.1 Å². The largest absolute Gasteiger partial charge is 0.462 e. The molecule has 190 valence electrons. The maximum atomic E-state index is 13.8. The van der Waals surface area contributed by atoms with E-state index >= 15 is 0 Å². The average Bonchev–Trinajstić information content (AvgIpc) is 3.13. The Hall–Kier alpha value is -3.10. The van der Waals surface area contributed by atoms with Gasteiger partial charge in [0.15, 0.2) is 0 Å². The number of carbonyl (C=O) groups is 3. The first-order valence-corrected chi connectivity index (χ1v) is 13.4. The molecule has 2 amide bonds. The van der Waals surface area contributed by atoms with E-state index in [0.29, 0.717) is 28.5 Å². The van der Waals surface area contributed by atoms with Crippen LogP contribution in [-0.4, -0.2) is 62.5 Å². The van der Waals surface area contributed by atoms with E-state index in [1.807, 2.05) is 49.2 Å². The third-order valence-corrected chi connectivity index (χ3v) is 7.86. The van der Waals surface area contributed by atoms with Crippen molar-refractivity contribution < 1.29 is 24.0 Å². The van der Waals surface area contributed by atoms with Crippen LogP contribution in [-0.2, 0) is 14.3 Å². The SMILES string of the molecule is CCCCOC(=O)c1ccc(N2C(=O)C(Sc3ccccc3)=C(N(C)C3CC[NH+](C)CC3)C2=O)cc1.